The summed E-state index contributed by atoms with van der Waals surface area (Å²) in [6.07, 6.45) is 0. The summed E-state index contributed by atoms with van der Waals surface area (Å²) in [6.45, 7) is 6.34. The van der Waals surface area contributed by atoms with Crippen molar-refractivity contribution in [1.82, 2.24) is 29.6 Å². The summed E-state index contributed by atoms with van der Waals surface area (Å²) < 4.78 is 27.0. The SMILES string of the molecule is Cc1cc(C(=O)N2CCN(S(=O)(=O)c3c(C)n[nH]c3C)CC2)n[nH]1. The van der Waals surface area contributed by atoms with E-state index in [0.717, 1.165) is 5.69 Å². The number of hydrogen-bond donors (Lipinski definition) is 2. The molecular weight excluding hydrogens is 332 g/mol. The van der Waals surface area contributed by atoms with Gasteiger partial charge in [0.15, 0.2) is 0 Å². The van der Waals surface area contributed by atoms with E-state index >= 15 is 0 Å². The van der Waals surface area contributed by atoms with Crippen LogP contribution < -0.4 is 0 Å². The number of nitrogens with zero attached hydrogens (tertiary/aromatic N) is 4. The number of hydrogen-bond acceptors (Lipinski definition) is 5. The van der Waals surface area contributed by atoms with Crippen LogP contribution in [-0.2, 0) is 10.0 Å². The minimum Gasteiger partial charge on any atom is -0.335 e. The highest BCUT2D eigenvalue weighted by molar-refractivity contribution is 7.89. The lowest BCUT2D eigenvalue weighted by molar-refractivity contribution is 0.0692. The monoisotopic (exact) mass is 352 g/mol. The van der Waals surface area contributed by atoms with Crippen molar-refractivity contribution in [3.63, 3.8) is 0 Å². The number of aryl methyl sites for hydroxylation is 3. The van der Waals surface area contributed by atoms with E-state index in [1.54, 1.807) is 24.8 Å². The molecule has 3 heterocycles. The molecule has 0 unspecified atom stereocenters. The molecule has 2 aromatic heterocycles. The van der Waals surface area contributed by atoms with E-state index in [0.29, 0.717) is 30.2 Å². The average molecular weight is 352 g/mol. The predicted molar refractivity (Wildman–Crippen MR) is 86.0 cm³/mol. The molecule has 9 nitrogen and oxygen atoms in total. The Morgan fingerprint density at radius 2 is 1.75 bits per heavy atom. The molecule has 1 aliphatic heterocycles. The first kappa shape index (κ1) is 16.7. The van der Waals surface area contributed by atoms with Crippen LogP contribution >= 0.6 is 0 Å². The highest BCUT2D eigenvalue weighted by Crippen LogP contribution is 2.23. The van der Waals surface area contributed by atoms with Crippen LogP contribution in [0.3, 0.4) is 0 Å². The Bertz CT molecular complexity index is 841. The van der Waals surface area contributed by atoms with Gasteiger partial charge in [-0.1, -0.05) is 0 Å². The van der Waals surface area contributed by atoms with Crippen molar-refractivity contribution < 1.29 is 13.2 Å². The van der Waals surface area contributed by atoms with Crippen LogP contribution in [0.2, 0.25) is 0 Å². The van der Waals surface area contributed by atoms with Crippen molar-refractivity contribution in [3.05, 3.63) is 28.8 Å². The third-order valence-corrected chi connectivity index (χ3v) is 6.27. The zero-order chi connectivity index (χ0) is 17.5. The standard InChI is InChI=1S/C14H20N6O3S/c1-9-8-12(18-15-9)14(21)19-4-6-20(7-5-19)24(22,23)13-10(2)16-17-11(13)3/h8H,4-7H2,1-3H3,(H,15,18)(H,16,17). The number of amides is 1. The second-order valence-electron chi connectivity index (χ2n) is 5.90. The van der Waals surface area contributed by atoms with Crippen LogP contribution in [0.4, 0.5) is 0 Å². The minimum atomic E-state index is -3.61. The molecule has 1 aliphatic rings. The fourth-order valence-electron chi connectivity index (χ4n) is 2.87. The molecule has 0 aliphatic carbocycles. The summed E-state index contributed by atoms with van der Waals surface area (Å²) in [4.78, 5) is 14.2. The number of nitrogens with one attached hydrogen (secondary N) is 2. The Hall–Kier alpha value is -2.20. The topological polar surface area (TPSA) is 115 Å². The van der Waals surface area contributed by atoms with Gasteiger partial charge in [0.25, 0.3) is 5.91 Å². The molecular formula is C14H20N6O3S. The molecule has 10 heteroatoms. The summed E-state index contributed by atoms with van der Waals surface area (Å²) in [7, 11) is -3.61. The molecule has 0 saturated carbocycles. The van der Waals surface area contributed by atoms with E-state index in [4.69, 9.17) is 0 Å². The zero-order valence-electron chi connectivity index (χ0n) is 13.8. The molecule has 2 N–H and O–H groups in total. The number of carbonyl (C=O) groups is 1. The van der Waals surface area contributed by atoms with E-state index in [2.05, 4.69) is 20.4 Å². The van der Waals surface area contributed by atoms with Crippen molar-refractivity contribution in [1.29, 1.82) is 0 Å². The van der Waals surface area contributed by atoms with Gasteiger partial charge in [0, 0.05) is 31.9 Å². The van der Waals surface area contributed by atoms with Crippen LogP contribution in [0.25, 0.3) is 0 Å². The number of aromatic amines is 2. The summed E-state index contributed by atoms with van der Waals surface area (Å²) in [6, 6.07) is 1.68. The first-order valence-corrected chi connectivity index (χ1v) is 9.07. The summed E-state index contributed by atoms with van der Waals surface area (Å²) in [5, 5.41) is 13.4. The van der Waals surface area contributed by atoms with Crippen LogP contribution in [0.1, 0.15) is 27.6 Å². The van der Waals surface area contributed by atoms with Crippen LogP contribution in [-0.4, -0.2) is 70.1 Å². The predicted octanol–water partition coefficient (Wildman–Crippen LogP) is 0.205. The Morgan fingerprint density at radius 3 is 2.25 bits per heavy atom. The average Bonchev–Trinajstić information content (AvgIpc) is 3.12. The number of aromatic nitrogens is 4. The maximum Gasteiger partial charge on any atom is 0.274 e. The summed E-state index contributed by atoms with van der Waals surface area (Å²) in [5.74, 6) is -0.188. The highest BCUT2D eigenvalue weighted by Gasteiger charge is 2.33. The zero-order valence-corrected chi connectivity index (χ0v) is 14.6. The van der Waals surface area contributed by atoms with Crippen LogP contribution in [0.15, 0.2) is 11.0 Å². The van der Waals surface area contributed by atoms with Crippen molar-refractivity contribution >= 4 is 15.9 Å². The molecule has 0 spiro atoms. The van der Waals surface area contributed by atoms with E-state index in [9.17, 15) is 13.2 Å². The molecule has 0 radical (unpaired) electrons. The molecule has 24 heavy (non-hydrogen) atoms. The largest absolute Gasteiger partial charge is 0.335 e. The quantitative estimate of drug-likeness (QED) is 0.819. The van der Waals surface area contributed by atoms with Crippen LogP contribution in [0, 0.1) is 20.8 Å². The van der Waals surface area contributed by atoms with Gasteiger partial charge >= 0.3 is 0 Å². The first-order chi connectivity index (χ1) is 11.3. The van der Waals surface area contributed by atoms with E-state index in [1.807, 2.05) is 6.92 Å². The Balaban J connectivity index is 1.72. The van der Waals surface area contributed by atoms with Gasteiger partial charge in [0.1, 0.15) is 10.6 Å². The number of rotatable bonds is 3. The maximum atomic E-state index is 12.8. The van der Waals surface area contributed by atoms with Gasteiger partial charge in [-0.25, -0.2) is 8.42 Å². The second kappa shape index (κ2) is 6.02. The molecule has 1 saturated heterocycles. The fraction of sp³-hybridized carbons (Fsp3) is 0.500. The minimum absolute atomic E-state index is 0.188. The normalized spacial score (nSPS) is 16.5. The highest BCUT2D eigenvalue weighted by atomic mass is 32.2. The Morgan fingerprint density at radius 1 is 1.08 bits per heavy atom. The molecule has 0 aromatic carbocycles. The number of carbonyl (C=O) groups excluding carboxylic acids is 1. The van der Waals surface area contributed by atoms with Gasteiger partial charge < -0.3 is 4.90 Å². The third kappa shape index (κ3) is 2.82. The van der Waals surface area contributed by atoms with E-state index in [-0.39, 0.29) is 23.9 Å². The first-order valence-electron chi connectivity index (χ1n) is 7.63. The summed E-state index contributed by atoms with van der Waals surface area (Å²) in [5.41, 5.74) is 2.15. The molecule has 0 bridgehead atoms. The molecule has 1 fully saturated rings. The lowest BCUT2D eigenvalue weighted by atomic mass is 10.3. The number of H-pyrrole nitrogens is 2. The Kier molecular flexibility index (Phi) is 4.18. The van der Waals surface area contributed by atoms with Crippen molar-refractivity contribution in [2.24, 2.45) is 0 Å². The summed E-state index contributed by atoms with van der Waals surface area (Å²) >= 11 is 0. The second-order valence-corrected chi connectivity index (χ2v) is 7.77. The van der Waals surface area contributed by atoms with E-state index in [1.165, 1.54) is 4.31 Å². The molecule has 130 valence electrons. The smallest absolute Gasteiger partial charge is 0.274 e. The van der Waals surface area contributed by atoms with Crippen molar-refractivity contribution in [2.75, 3.05) is 26.2 Å². The molecule has 2 aromatic rings. The van der Waals surface area contributed by atoms with Gasteiger partial charge in [-0.2, -0.15) is 14.5 Å². The third-order valence-electron chi connectivity index (χ3n) is 4.11. The lowest BCUT2D eigenvalue weighted by Gasteiger charge is -2.33. The van der Waals surface area contributed by atoms with Gasteiger partial charge in [-0.3, -0.25) is 15.0 Å². The van der Waals surface area contributed by atoms with Crippen molar-refractivity contribution in [2.45, 2.75) is 25.7 Å². The van der Waals surface area contributed by atoms with Crippen molar-refractivity contribution in [3.8, 4) is 0 Å². The van der Waals surface area contributed by atoms with E-state index < -0.39 is 10.0 Å². The van der Waals surface area contributed by atoms with Crippen LogP contribution in [0.5, 0.6) is 0 Å². The lowest BCUT2D eigenvalue weighted by Crippen LogP contribution is -2.50. The maximum absolute atomic E-state index is 12.8. The van der Waals surface area contributed by atoms with Gasteiger partial charge in [0.05, 0.1) is 11.4 Å². The number of sulfonamides is 1. The van der Waals surface area contributed by atoms with Gasteiger partial charge in [-0.15, -0.1) is 0 Å². The molecule has 0 atom stereocenters. The van der Waals surface area contributed by atoms with Gasteiger partial charge in [0.2, 0.25) is 10.0 Å². The number of piperazine rings is 1. The fourth-order valence-corrected chi connectivity index (χ4v) is 4.62. The molecule has 3 rings (SSSR count). The van der Waals surface area contributed by atoms with Gasteiger partial charge in [-0.05, 0) is 26.8 Å². The Labute approximate surface area is 140 Å². The molecule has 1 amide bonds.